The molecule has 0 heterocycles. The van der Waals surface area contributed by atoms with Crippen LogP contribution >= 0.6 is 15.9 Å². The fourth-order valence-electron chi connectivity index (χ4n) is 2.09. The van der Waals surface area contributed by atoms with Gasteiger partial charge in [0.1, 0.15) is 18.1 Å². The molecule has 2 aromatic carbocycles. The first-order chi connectivity index (χ1) is 12.1. The van der Waals surface area contributed by atoms with Crippen LogP contribution in [0.25, 0.3) is 0 Å². The van der Waals surface area contributed by atoms with Gasteiger partial charge < -0.3 is 19.5 Å². The standard InChI is InChI=1S/C19H22BrNO4/c1-3-10-24-16-7-5-15(6-8-16)21-19(22)17-13-14(20)4-9-18(17)25-12-11-23-2/h4-9,13H,3,10-12H2,1-2H3,(H,21,22). The summed E-state index contributed by atoms with van der Waals surface area (Å²) in [5, 5.41) is 2.87. The first kappa shape index (κ1) is 19.3. The summed E-state index contributed by atoms with van der Waals surface area (Å²) in [7, 11) is 1.60. The Morgan fingerprint density at radius 3 is 2.48 bits per heavy atom. The average Bonchev–Trinajstić information content (AvgIpc) is 2.62. The molecular formula is C19H22BrNO4. The van der Waals surface area contributed by atoms with Crippen LogP contribution in [-0.2, 0) is 4.74 Å². The quantitative estimate of drug-likeness (QED) is 0.620. The van der Waals surface area contributed by atoms with Crippen LogP contribution in [0.4, 0.5) is 5.69 Å². The van der Waals surface area contributed by atoms with Crippen molar-refractivity contribution in [2.24, 2.45) is 0 Å². The van der Waals surface area contributed by atoms with Gasteiger partial charge in [0.2, 0.25) is 0 Å². The zero-order valence-corrected chi connectivity index (χ0v) is 16.0. The van der Waals surface area contributed by atoms with E-state index in [0.29, 0.717) is 36.8 Å². The highest BCUT2D eigenvalue weighted by Crippen LogP contribution is 2.25. The molecule has 0 aliphatic rings. The summed E-state index contributed by atoms with van der Waals surface area (Å²) >= 11 is 3.39. The van der Waals surface area contributed by atoms with Crippen LogP contribution in [0.15, 0.2) is 46.9 Å². The van der Waals surface area contributed by atoms with Gasteiger partial charge in [-0.05, 0) is 48.9 Å². The number of carbonyl (C=O) groups is 1. The molecule has 0 radical (unpaired) electrons. The van der Waals surface area contributed by atoms with Gasteiger partial charge in [-0.2, -0.15) is 0 Å². The van der Waals surface area contributed by atoms with E-state index in [-0.39, 0.29) is 5.91 Å². The second-order valence-corrected chi connectivity index (χ2v) is 6.22. The summed E-state index contributed by atoms with van der Waals surface area (Å²) in [6.45, 7) is 3.56. The molecule has 0 saturated carbocycles. The summed E-state index contributed by atoms with van der Waals surface area (Å²) in [5.74, 6) is 1.06. The predicted molar refractivity (Wildman–Crippen MR) is 102 cm³/mol. The normalized spacial score (nSPS) is 10.4. The Morgan fingerprint density at radius 1 is 1.04 bits per heavy atom. The van der Waals surface area contributed by atoms with Gasteiger partial charge >= 0.3 is 0 Å². The molecule has 2 aromatic rings. The van der Waals surface area contributed by atoms with Crippen molar-refractivity contribution in [2.75, 3.05) is 32.2 Å². The Balaban J connectivity index is 2.07. The van der Waals surface area contributed by atoms with E-state index in [4.69, 9.17) is 14.2 Å². The Kier molecular flexibility index (Phi) is 7.76. The third-order valence-corrected chi connectivity index (χ3v) is 3.81. The third kappa shape index (κ3) is 6.07. The molecule has 0 fully saturated rings. The maximum Gasteiger partial charge on any atom is 0.259 e. The van der Waals surface area contributed by atoms with Crippen molar-refractivity contribution in [1.29, 1.82) is 0 Å². The van der Waals surface area contributed by atoms with Gasteiger partial charge in [0, 0.05) is 17.3 Å². The number of benzene rings is 2. The molecule has 0 bridgehead atoms. The third-order valence-electron chi connectivity index (χ3n) is 3.32. The Bertz CT molecular complexity index is 688. The maximum atomic E-state index is 12.6. The minimum Gasteiger partial charge on any atom is -0.494 e. The molecule has 0 spiro atoms. The fraction of sp³-hybridized carbons (Fsp3) is 0.316. The number of carbonyl (C=O) groups excluding carboxylic acids is 1. The number of hydrogen-bond acceptors (Lipinski definition) is 4. The molecule has 0 aliphatic heterocycles. The molecule has 1 amide bonds. The largest absolute Gasteiger partial charge is 0.494 e. The van der Waals surface area contributed by atoms with Crippen molar-refractivity contribution < 1.29 is 19.0 Å². The molecule has 0 atom stereocenters. The lowest BCUT2D eigenvalue weighted by Gasteiger charge is -2.12. The lowest BCUT2D eigenvalue weighted by Crippen LogP contribution is -2.15. The van der Waals surface area contributed by atoms with Gasteiger partial charge in [-0.3, -0.25) is 4.79 Å². The molecule has 0 saturated heterocycles. The topological polar surface area (TPSA) is 56.8 Å². The number of anilines is 1. The predicted octanol–water partition coefficient (Wildman–Crippen LogP) is 4.52. The van der Waals surface area contributed by atoms with Gasteiger partial charge in [-0.25, -0.2) is 0 Å². The van der Waals surface area contributed by atoms with Crippen LogP contribution in [0, 0.1) is 0 Å². The maximum absolute atomic E-state index is 12.6. The highest BCUT2D eigenvalue weighted by molar-refractivity contribution is 9.10. The van der Waals surface area contributed by atoms with Crippen LogP contribution in [-0.4, -0.2) is 32.8 Å². The van der Waals surface area contributed by atoms with Crippen molar-refractivity contribution >= 4 is 27.5 Å². The molecule has 6 heteroatoms. The Labute approximate surface area is 156 Å². The molecule has 0 aliphatic carbocycles. The van der Waals surface area contributed by atoms with E-state index < -0.39 is 0 Å². The number of methoxy groups -OCH3 is 1. The second kappa shape index (κ2) is 10.1. The van der Waals surface area contributed by atoms with Gasteiger partial charge in [0.05, 0.1) is 18.8 Å². The van der Waals surface area contributed by atoms with Crippen LogP contribution in [0.2, 0.25) is 0 Å². The van der Waals surface area contributed by atoms with Crippen molar-refractivity contribution in [3.05, 3.63) is 52.5 Å². The van der Waals surface area contributed by atoms with Crippen LogP contribution in [0.5, 0.6) is 11.5 Å². The molecule has 5 nitrogen and oxygen atoms in total. The van der Waals surface area contributed by atoms with Gasteiger partial charge in [-0.15, -0.1) is 0 Å². The minimum absolute atomic E-state index is 0.240. The van der Waals surface area contributed by atoms with Gasteiger partial charge in [0.25, 0.3) is 5.91 Å². The molecule has 1 N–H and O–H groups in total. The molecule has 0 unspecified atom stereocenters. The summed E-state index contributed by atoms with van der Waals surface area (Å²) in [4.78, 5) is 12.6. The number of rotatable bonds is 9. The number of nitrogens with one attached hydrogen (secondary N) is 1. The summed E-state index contributed by atoms with van der Waals surface area (Å²) in [6.07, 6.45) is 0.952. The first-order valence-corrected chi connectivity index (χ1v) is 8.89. The van der Waals surface area contributed by atoms with E-state index in [1.807, 2.05) is 30.3 Å². The average molecular weight is 408 g/mol. The second-order valence-electron chi connectivity index (χ2n) is 5.31. The van der Waals surface area contributed by atoms with Crippen LogP contribution in [0.1, 0.15) is 23.7 Å². The Hall–Kier alpha value is -2.05. The lowest BCUT2D eigenvalue weighted by atomic mass is 10.2. The van der Waals surface area contributed by atoms with Crippen molar-refractivity contribution in [2.45, 2.75) is 13.3 Å². The fourth-order valence-corrected chi connectivity index (χ4v) is 2.45. The number of hydrogen-bond donors (Lipinski definition) is 1. The molecule has 2 rings (SSSR count). The van der Waals surface area contributed by atoms with E-state index >= 15 is 0 Å². The van der Waals surface area contributed by atoms with E-state index in [9.17, 15) is 4.79 Å². The van der Waals surface area contributed by atoms with E-state index in [1.54, 1.807) is 19.2 Å². The molecule has 134 valence electrons. The zero-order chi connectivity index (χ0) is 18.1. The van der Waals surface area contributed by atoms with Crippen molar-refractivity contribution in [1.82, 2.24) is 0 Å². The molecule has 0 aromatic heterocycles. The van der Waals surface area contributed by atoms with E-state index in [0.717, 1.165) is 16.6 Å². The summed E-state index contributed by atoms with van der Waals surface area (Å²) in [5.41, 5.74) is 1.15. The monoisotopic (exact) mass is 407 g/mol. The summed E-state index contributed by atoms with van der Waals surface area (Å²) in [6, 6.07) is 12.6. The van der Waals surface area contributed by atoms with E-state index in [2.05, 4.69) is 28.2 Å². The highest BCUT2D eigenvalue weighted by atomic mass is 79.9. The number of halogens is 1. The molecule has 25 heavy (non-hydrogen) atoms. The van der Waals surface area contributed by atoms with E-state index in [1.165, 1.54) is 0 Å². The smallest absolute Gasteiger partial charge is 0.259 e. The SMILES string of the molecule is CCCOc1ccc(NC(=O)c2cc(Br)ccc2OCCOC)cc1. The number of amides is 1. The van der Waals surface area contributed by atoms with Crippen LogP contribution in [0.3, 0.4) is 0 Å². The van der Waals surface area contributed by atoms with Gasteiger partial charge in [0.15, 0.2) is 0 Å². The Morgan fingerprint density at radius 2 is 1.80 bits per heavy atom. The number of ether oxygens (including phenoxy) is 3. The minimum atomic E-state index is -0.240. The van der Waals surface area contributed by atoms with Gasteiger partial charge in [-0.1, -0.05) is 22.9 Å². The first-order valence-electron chi connectivity index (χ1n) is 8.09. The zero-order valence-electron chi connectivity index (χ0n) is 14.4. The van der Waals surface area contributed by atoms with Crippen molar-refractivity contribution in [3.8, 4) is 11.5 Å². The molecular weight excluding hydrogens is 386 g/mol. The lowest BCUT2D eigenvalue weighted by molar-refractivity contribution is 0.101. The van der Waals surface area contributed by atoms with Crippen LogP contribution < -0.4 is 14.8 Å². The van der Waals surface area contributed by atoms with Crippen molar-refractivity contribution in [3.63, 3.8) is 0 Å². The highest BCUT2D eigenvalue weighted by Gasteiger charge is 2.14. The summed E-state index contributed by atoms with van der Waals surface area (Å²) < 4.78 is 16.9.